The quantitative estimate of drug-likeness (QED) is 0.682. The van der Waals surface area contributed by atoms with Crippen LogP contribution >= 0.6 is 11.6 Å². The van der Waals surface area contributed by atoms with Crippen LogP contribution in [0.4, 0.5) is 11.5 Å². The lowest BCUT2D eigenvalue weighted by molar-refractivity contribution is -0.117. The fourth-order valence-corrected chi connectivity index (χ4v) is 3.60. The number of halogens is 1. The number of amides is 1. The van der Waals surface area contributed by atoms with E-state index in [1.54, 1.807) is 17.1 Å². The highest BCUT2D eigenvalue weighted by molar-refractivity contribution is 6.31. The van der Waals surface area contributed by atoms with Crippen LogP contribution in [-0.4, -0.2) is 68.5 Å². The van der Waals surface area contributed by atoms with Crippen molar-refractivity contribution in [3.63, 3.8) is 0 Å². The number of hydrogen-bond donors (Lipinski definition) is 1. The lowest BCUT2D eigenvalue weighted by Crippen LogP contribution is -2.49. The van der Waals surface area contributed by atoms with Crippen LogP contribution in [-0.2, 0) is 11.3 Å². The third-order valence-electron chi connectivity index (χ3n) is 5.07. The minimum atomic E-state index is -0.0475. The monoisotopic (exact) mass is 414 g/mol. The molecule has 1 fully saturated rings. The average Bonchev–Trinajstić information content (AvgIpc) is 3.15. The van der Waals surface area contributed by atoms with Crippen LogP contribution in [0.5, 0.6) is 0 Å². The molecule has 9 nitrogen and oxygen atoms in total. The smallest absolute Gasteiger partial charge is 0.238 e. The minimum Gasteiger partial charge on any atom is -0.352 e. The maximum Gasteiger partial charge on any atom is 0.238 e. The first-order valence-electron chi connectivity index (χ1n) is 9.62. The van der Waals surface area contributed by atoms with E-state index in [2.05, 4.69) is 35.4 Å². The number of rotatable bonds is 5. The Morgan fingerprint density at radius 3 is 2.72 bits per heavy atom. The summed E-state index contributed by atoms with van der Waals surface area (Å²) in [6.07, 6.45) is 1.56. The molecule has 0 radical (unpaired) electrons. The molecular weight excluding hydrogens is 392 g/mol. The largest absolute Gasteiger partial charge is 0.352 e. The highest BCUT2D eigenvalue weighted by Gasteiger charge is 2.23. The van der Waals surface area contributed by atoms with Crippen molar-refractivity contribution in [3.8, 4) is 0 Å². The minimum absolute atomic E-state index is 0.0475. The number of benzene rings is 1. The molecule has 0 bridgehead atoms. The molecule has 1 saturated heterocycles. The van der Waals surface area contributed by atoms with E-state index in [-0.39, 0.29) is 5.91 Å². The fourth-order valence-electron chi connectivity index (χ4n) is 3.42. The lowest BCUT2D eigenvalue weighted by atomic mass is 10.2. The van der Waals surface area contributed by atoms with Crippen molar-refractivity contribution in [1.82, 2.24) is 29.9 Å². The third kappa shape index (κ3) is 4.15. The highest BCUT2D eigenvalue weighted by Crippen LogP contribution is 2.22. The first kappa shape index (κ1) is 19.5. The third-order valence-corrected chi connectivity index (χ3v) is 5.48. The molecule has 4 rings (SSSR count). The van der Waals surface area contributed by atoms with Crippen LogP contribution in [0, 0.1) is 6.92 Å². The number of fused-ring (bicyclic) bond motifs is 1. The maximum absolute atomic E-state index is 12.4. The van der Waals surface area contributed by atoms with Crippen molar-refractivity contribution >= 4 is 40.2 Å². The van der Waals surface area contributed by atoms with Gasteiger partial charge in [0.1, 0.15) is 6.33 Å². The van der Waals surface area contributed by atoms with Gasteiger partial charge in [-0.05, 0) is 31.5 Å². The summed E-state index contributed by atoms with van der Waals surface area (Å²) in [4.78, 5) is 25.4. The molecule has 1 aliphatic rings. The molecule has 152 valence electrons. The highest BCUT2D eigenvalue weighted by atomic mass is 35.5. The van der Waals surface area contributed by atoms with Gasteiger partial charge in [0.05, 0.1) is 6.54 Å². The SMILES string of the molecule is CCn1nnc2c(N3CCN(CC(=O)Nc4ccc(C)c(Cl)c4)CC3)ncnc21. The Morgan fingerprint density at radius 2 is 2.00 bits per heavy atom. The molecule has 3 heterocycles. The summed E-state index contributed by atoms with van der Waals surface area (Å²) in [5.74, 6) is 0.752. The Labute approximate surface area is 173 Å². The van der Waals surface area contributed by atoms with E-state index >= 15 is 0 Å². The van der Waals surface area contributed by atoms with Crippen LogP contribution in [0.25, 0.3) is 11.2 Å². The molecule has 3 aromatic rings. The van der Waals surface area contributed by atoms with Gasteiger partial charge in [-0.15, -0.1) is 5.10 Å². The summed E-state index contributed by atoms with van der Waals surface area (Å²) in [6.45, 7) is 8.02. The Hall–Kier alpha value is -2.78. The van der Waals surface area contributed by atoms with Gasteiger partial charge in [-0.3, -0.25) is 9.69 Å². The normalized spacial score (nSPS) is 15.1. The molecule has 0 spiro atoms. The van der Waals surface area contributed by atoms with Crippen molar-refractivity contribution in [2.24, 2.45) is 0 Å². The molecule has 1 N–H and O–H groups in total. The van der Waals surface area contributed by atoms with E-state index in [9.17, 15) is 4.79 Å². The van der Waals surface area contributed by atoms with Crippen LogP contribution in [0.2, 0.25) is 5.02 Å². The lowest BCUT2D eigenvalue weighted by Gasteiger charge is -2.34. The predicted molar refractivity (Wildman–Crippen MR) is 112 cm³/mol. The first-order valence-corrected chi connectivity index (χ1v) is 10.0. The van der Waals surface area contributed by atoms with Gasteiger partial charge in [-0.1, -0.05) is 22.9 Å². The molecule has 29 heavy (non-hydrogen) atoms. The number of carbonyl (C=O) groups excluding carboxylic acids is 1. The van der Waals surface area contributed by atoms with Gasteiger partial charge in [0.25, 0.3) is 0 Å². The second-order valence-corrected chi connectivity index (χ2v) is 7.46. The Balaban J connectivity index is 1.35. The molecule has 2 aromatic heterocycles. The van der Waals surface area contributed by atoms with Gasteiger partial charge in [-0.2, -0.15) is 0 Å². The zero-order valence-electron chi connectivity index (χ0n) is 16.5. The van der Waals surface area contributed by atoms with Crippen molar-refractivity contribution in [2.75, 3.05) is 42.9 Å². The summed E-state index contributed by atoms with van der Waals surface area (Å²) < 4.78 is 1.76. The van der Waals surface area contributed by atoms with Crippen molar-refractivity contribution < 1.29 is 4.79 Å². The summed E-state index contributed by atoms with van der Waals surface area (Å²) in [5.41, 5.74) is 3.16. The first-order chi connectivity index (χ1) is 14.0. The molecule has 1 amide bonds. The second kappa shape index (κ2) is 8.30. The van der Waals surface area contributed by atoms with Gasteiger partial charge in [0, 0.05) is 43.4 Å². The topological polar surface area (TPSA) is 92.1 Å². The summed E-state index contributed by atoms with van der Waals surface area (Å²) >= 11 is 6.13. The van der Waals surface area contributed by atoms with Gasteiger partial charge in [0.2, 0.25) is 5.91 Å². The number of anilines is 2. The van der Waals surface area contributed by atoms with Crippen LogP contribution in [0.15, 0.2) is 24.5 Å². The van der Waals surface area contributed by atoms with E-state index in [1.165, 1.54) is 0 Å². The van der Waals surface area contributed by atoms with Gasteiger partial charge < -0.3 is 10.2 Å². The number of hydrogen-bond acceptors (Lipinski definition) is 7. The molecule has 10 heteroatoms. The average molecular weight is 415 g/mol. The van der Waals surface area contributed by atoms with Gasteiger partial charge in [-0.25, -0.2) is 14.6 Å². The molecule has 0 unspecified atom stereocenters. The molecule has 0 atom stereocenters. The van der Waals surface area contributed by atoms with E-state index in [0.29, 0.717) is 23.8 Å². The summed E-state index contributed by atoms with van der Waals surface area (Å²) in [6, 6.07) is 5.53. The standard InChI is InChI=1S/C19H23ClN8O/c1-3-28-19-17(24-25-28)18(21-12-22-19)27-8-6-26(7-9-27)11-16(29)23-14-5-4-13(2)15(20)10-14/h4-5,10,12H,3,6-9,11H2,1-2H3,(H,23,29). The van der Waals surface area contributed by atoms with Crippen molar-refractivity contribution in [1.29, 1.82) is 0 Å². The molecule has 0 saturated carbocycles. The molecule has 0 aliphatic carbocycles. The van der Waals surface area contributed by atoms with Crippen LogP contribution in [0.1, 0.15) is 12.5 Å². The number of nitrogens with one attached hydrogen (secondary N) is 1. The number of nitrogens with zero attached hydrogens (tertiary/aromatic N) is 7. The van der Waals surface area contributed by atoms with E-state index in [4.69, 9.17) is 11.6 Å². The second-order valence-electron chi connectivity index (χ2n) is 7.05. The van der Waals surface area contributed by atoms with Crippen molar-refractivity contribution in [3.05, 3.63) is 35.1 Å². The number of aryl methyl sites for hydroxylation is 2. The Kier molecular flexibility index (Phi) is 5.59. The van der Waals surface area contributed by atoms with E-state index in [0.717, 1.165) is 48.7 Å². The van der Waals surface area contributed by atoms with E-state index in [1.807, 2.05) is 26.0 Å². The fraction of sp³-hybridized carbons (Fsp3) is 0.421. The summed E-state index contributed by atoms with van der Waals surface area (Å²) in [5, 5.41) is 11.9. The van der Waals surface area contributed by atoms with Gasteiger partial charge in [0.15, 0.2) is 17.0 Å². The van der Waals surface area contributed by atoms with E-state index < -0.39 is 0 Å². The predicted octanol–water partition coefficient (Wildman–Crippen LogP) is 1.96. The summed E-state index contributed by atoms with van der Waals surface area (Å²) in [7, 11) is 0. The number of aromatic nitrogens is 5. The molecule has 1 aromatic carbocycles. The Bertz CT molecular complexity index is 1030. The number of carbonyl (C=O) groups is 1. The number of piperazine rings is 1. The van der Waals surface area contributed by atoms with Crippen molar-refractivity contribution in [2.45, 2.75) is 20.4 Å². The van der Waals surface area contributed by atoms with Crippen LogP contribution < -0.4 is 10.2 Å². The molecule has 1 aliphatic heterocycles. The Morgan fingerprint density at radius 1 is 1.21 bits per heavy atom. The molecular formula is C19H23ClN8O. The zero-order chi connectivity index (χ0) is 20.4. The maximum atomic E-state index is 12.4. The van der Waals surface area contributed by atoms with Gasteiger partial charge >= 0.3 is 0 Å². The zero-order valence-corrected chi connectivity index (χ0v) is 17.2. The van der Waals surface area contributed by atoms with Crippen LogP contribution in [0.3, 0.4) is 0 Å².